The lowest BCUT2D eigenvalue weighted by Gasteiger charge is -2.28. The summed E-state index contributed by atoms with van der Waals surface area (Å²) in [6.07, 6.45) is -2.65. The fraction of sp³-hybridized carbons (Fsp3) is 0.250. The van der Waals surface area contributed by atoms with Crippen LogP contribution in [0, 0.1) is 4.77 Å². The van der Waals surface area contributed by atoms with E-state index in [-0.39, 0.29) is 16.9 Å². The van der Waals surface area contributed by atoms with Gasteiger partial charge >= 0.3 is 11.9 Å². The highest BCUT2D eigenvalue weighted by Gasteiger charge is 2.58. The predicted octanol–water partition coefficient (Wildman–Crippen LogP) is 3.61. The molecule has 0 bridgehead atoms. The van der Waals surface area contributed by atoms with Crippen molar-refractivity contribution < 1.29 is 28.2 Å². The standard InChI is InChI=1S/C24H21FN2O6S/c1-24(25)19(33-21(30)16-10-6-3-7-11-16)17(14-31-20(29)15-8-4-2-5-9-15)32-22(24)27-13-12-18(28)26-23(27)34/h2-13,17,19,22H,14H2,1H3,(H,26,28,34)/t17-,19+,22-,24?/m1/s1. The van der Waals surface area contributed by atoms with E-state index in [9.17, 15) is 14.4 Å². The molecule has 1 fully saturated rings. The van der Waals surface area contributed by atoms with Crippen LogP contribution in [0.25, 0.3) is 0 Å². The monoisotopic (exact) mass is 484 g/mol. The molecule has 3 aromatic rings. The van der Waals surface area contributed by atoms with Gasteiger partial charge in [-0.05, 0) is 43.4 Å². The van der Waals surface area contributed by atoms with Crippen LogP contribution in [0.15, 0.2) is 77.7 Å². The summed E-state index contributed by atoms with van der Waals surface area (Å²) in [6, 6.07) is 17.5. The van der Waals surface area contributed by atoms with E-state index in [0.717, 1.165) is 0 Å². The Hall–Kier alpha value is -3.63. The molecule has 1 aliphatic heterocycles. The average Bonchev–Trinajstić information content (AvgIpc) is 3.08. The van der Waals surface area contributed by atoms with E-state index in [1.165, 1.54) is 35.9 Å². The summed E-state index contributed by atoms with van der Waals surface area (Å²) in [7, 11) is 0. The molecule has 0 aliphatic carbocycles. The molecule has 0 saturated carbocycles. The number of aromatic amines is 1. The van der Waals surface area contributed by atoms with Gasteiger partial charge in [0.05, 0.1) is 11.1 Å². The Labute approximate surface area is 198 Å². The number of ether oxygens (including phenoxy) is 3. The number of aromatic nitrogens is 2. The molecule has 10 heteroatoms. The molecule has 2 heterocycles. The van der Waals surface area contributed by atoms with E-state index in [1.54, 1.807) is 48.5 Å². The van der Waals surface area contributed by atoms with Crippen molar-refractivity contribution in [1.29, 1.82) is 0 Å². The lowest BCUT2D eigenvalue weighted by Crippen LogP contribution is -2.44. The fourth-order valence-corrected chi connectivity index (χ4v) is 3.97. The Kier molecular flexibility index (Phi) is 6.71. The van der Waals surface area contributed by atoms with Crippen molar-refractivity contribution in [3.8, 4) is 0 Å². The van der Waals surface area contributed by atoms with Crippen molar-refractivity contribution in [2.75, 3.05) is 6.61 Å². The largest absolute Gasteiger partial charge is 0.459 e. The first-order valence-corrected chi connectivity index (χ1v) is 10.8. The van der Waals surface area contributed by atoms with Gasteiger partial charge in [-0.1, -0.05) is 36.4 Å². The highest BCUT2D eigenvalue weighted by molar-refractivity contribution is 7.71. The number of hydrogen-bond donors (Lipinski definition) is 1. The van der Waals surface area contributed by atoms with Crippen molar-refractivity contribution in [2.45, 2.75) is 31.0 Å². The van der Waals surface area contributed by atoms with Crippen LogP contribution < -0.4 is 5.56 Å². The Morgan fingerprint density at radius 1 is 1.06 bits per heavy atom. The first kappa shape index (κ1) is 23.5. The smallest absolute Gasteiger partial charge is 0.338 e. The van der Waals surface area contributed by atoms with Gasteiger partial charge < -0.3 is 14.2 Å². The fourth-order valence-electron chi connectivity index (χ4n) is 3.71. The van der Waals surface area contributed by atoms with Crippen LogP contribution in [0.3, 0.4) is 0 Å². The topological polar surface area (TPSA) is 99.6 Å². The van der Waals surface area contributed by atoms with Gasteiger partial charge in [0.2, 0.25) is 0 Å². The molecule has 4 atom stereocenters. The number of benzene rings is 2. The van der Waals surface area contributed by atoms with Crippen LogP contribution >= 0.6 is 12.2 Å². The second-order valence-electron chi connectivity index (χ2n) is 7.85. The molecule has 2 aromatic carbocycles. The van der Waals surface area contributed by atoms with Crippen LogP contribution in [0.5, 0.6) is 0 Å². The lowest BCUT2D eigenvalue weighted by atomic mass is 9.98. The van der Waals surface area contributed by atoms with E-state index in [1.807, 2.05) is 0 Å². The van der Waals surface area contributed by atoms with Crippen molar-refractivity contribution in [2.24, 2.45) is 0 Å². The molecule has 0 amide bonds. The maximum absolute atomic E-state index is 16.2. The summed E-state index contributed by atoms with van der Waals surface area (Å²) in [5.74, 6) is -1.40. The van der Waals surface area contributed by atoms with Crippen molar-refractivity contribution >= 4 is 24.2 Å². The van der Waals surface area contributed by atoms with Crippen LogP contribution in [0.4, 0.5) is 4.39 Å². The molecule has 0 spiro atoms. The SMILES string of the molecule is CC1(F)[C@@H](OC(=O)c2ccccc2)[C@@H](COC(=O)c2ccccc2)O[C@H]1n1ccc(=O)[nH]c1=S. The van der Waals surface area contributed by atoms with Gasteiger partial charge in [0.15, 0.2) is 22.8 Å². The molecule has 0 radical (unpaired) electrons. The number of esters is 2. The average molecular weight is 485 g/mol. The first-order valence-electron chi connectivity index (χ1n) is 10.4. The number of carbonyl (C=O) groups excluding carboxylic acids is 2. The summed E-state index contributed by atoms with van der Waals surface area (Å²) >= 11 is 5.16. The number of nitrogens with one attached hydrogen (secondary N) is 1. The highest BCUT2D eigenvalue weighted by Crippen LogP contribution is 2.43. The van der Waals surface area contributed by atoms with Crippen LogP contribution in [0.2, 0.25) is 0 Å². The van der Waals surface area contributed by atoms with Crippen LogP contribution in [-0.4, -0.2) is 46.0 Å². The van der Waals surface area contributed by atoms with Gasteiger partial charge in [0.1, 0.15) is 12.7 Å². The van der Waals surface area contributed by atoms with E-state index in [2.05, 4.69) is 4.98 Å². The number of H-pyrrole nitrogens is 1. The minimum absolute atomic E-state index is 0.0727. The van der Waals surface area contributed by atoms with Gasteiger partial charge in [-0.25, -0.2) is 14.0 Å². The Bertz CT molecular complexity index is 1290. The third kappa shape index (κ3) is 4.82. The minimum atomic E-state index is -2.29. The lowest BCUT2D eigenvalue weighted by molar-refractivity contribution is -0.0640. The Balaban J connectivity index is 1.62. The van der Waals surface area contributed by atoms with Gasteiger partial charge in [0, 0.05) is 12.3 Å². The number of halogens is 1. The zero-order valence-electron chi connectivity index (χ0n) is 18.1. The minimum Gasteiger partial charge on any atom is -0.459 e. The number of rotatable bonds is 6. The van der Waals surface area contributed by atoms with Crippen LogP contribution in [0.1, 0.15) is 33.9 Å². The maximum atomic E-state index is 16.2. The van der Waals surface area contributed by atoms with Gasteiger partial charge in [-0.15, -0.1) is 0 Å². The second-order valence-corrected chi connectivity index (χ2v) is 8.24. The van der Waals surface area contributed by atoms with Crippen molar-refractivity contribution in [1.82, 2.24) is 9.55 Å². The summed E-state index contributed by atoms with van der Waals surface area (Å²) in [5.41, 5.74) is -2.21. The van der Waals surface area contributed by atoms with Crippen molar-refractivity contribution in [3.05, 3.63) is 99.2 Å². The Morgan fingerprint density at radius 2 is 1.65 bits per heavy atom. The molecular formula is C24H21FN2O6S. The summed E-state index contributed by atoms with van der Waals surface area (Å²) < 4.78 is 34.1. The third-order valence-corrected chi connectivity index (χ3v) is 5.73. The first-order chi connectivity index (χ1) is 16.3. The number of nitrogens with zero attached hydrogens (tertiary/aromatic N) is 1. The molecule has 1 saturated heterocycles. The molecule has 34 heavy (non-hydrogen) atoms. The highest BCUT2D eigenvalue weighted by atomic mass is 32.1. The zero-order chi connectivity index (χ0) is 24.3. The molecule has 1 N–H and O–H groups in total. The molecule has 176 valence electrons. The molecular weight excluding hydrogens is 463 g/mol. The van der Waals surface area contributed by atoms with E-state index in [0.29, 0.717) is 5.56 Å². The van der Waals surface area contributed by atoms with E-state index in [4.69, 9.17) is 26.4 Å². The second kappa shape index (κ2) is 9.70. The molecule has 4 rings (SSSR count). The number of alkyl halides is 1. The Morgan fingerprint density at radius 3 is 2.24 bits per heavy atom. The third-order valence-electron chi connectivity index (χ3n) is 5.42. The number of carbonyl (C=O) groups is 2. The van der Waals surface area contributed by atoms with Crippen LogP contribution in [-0.2, 0) is 14.2 Å². The van der Waals surface area contributed by atoms with Gasteiger partial charge in [0.25, 0.3) is 5.56 Å². The zero-order valence-corrected chi connectivity index (χ0v) is 18.9. The summed E-state index contributed by atoms with van der Waals surface area (Å²) in [4.78, 5) is 39.1. The molecule has 1 aliphatic rings. The summed E-state index contributed by atoms with van der Waals surface area (Å²) in [5, 5.41) is 0. The maximum Gasteiger partial charge on any atom is 0.338 e. The van der Waals surface area contributed by atoms with E-state index >= 15 is 4.39 Å². The molecule has 1 aromatic heterocycles. The van der Waals surface area contributed by atoms with Crippen molar-refractivity contribution in [3.63, 3.8) is 0 Å². The predicted molar refractivity (Wildman–Crippen MR) is 122 cm³/mol. The molecule has 1 unspecified atom stereocenters. The summed E-state index contributed by atoms with van der Waals surface area (Å²) in [6.45, 7) is 0.819. The van der Waals surface area contributed by atoms with Gasteiger partial charge in [-0.2, -0.15) is 0 Å². The quantitative estimate of drug-likeness (QED) is 0.421. The molecule has 8 nitrogen and oxygen atoms in total. The van der Waals surface area contributed by atoms with Gasteiger partial charge in [-0.3, -0.25) is 14.3 Å². The normalized spacial score (nSPS) is 23.9. The number of hydrogen-bond acceptors (Lipinski definition) is 7. The van der Waals surface area contributed by atoms with E-state index < -0.39 is 41.6 Å².